The lowest BCUT2D eigenvalue weighted by molar-refractivity contribution is 0.0958. The molecule has 0 bridgehead atoms. The van der Waals surface area contributed by atoms with Gasteiger partial charge >= 0.3 is 0 Å². The number of carbonyl (C=O) groups excluding carboxylic acids is 1. The van der Waals surface area contributed by atoms with Gasteiger partial charge in [0.2, 0.25) is 0 Å². The van der Waals surface area contributed by atoms with Crippen LogP contribution in [0.15, 0.2) is 6.20 Å². The smallest absolute Gasteiger partial charge is 0.182 e. The van der Waals surface area contributed by atoms with Gasteiger partial charge in [0.05, 0.1) is 11.2 Å². The summed E-state index contributed by atoms with van der Waals surface area (Å²) in [5, 5.41) is 4.68. The second-order valence-corrected chi connectivity index (χ2v) is 6.25. The first-order valence-electron chi connectivity index (χ1n) is 7.35. The lowest BCUT2D eigenvalue weighted by Crippen LogP contribution is -2.15. The molecular formula is C15H23ClN2O. The Kier molecular flexibility index (Phi) is 5.03. The van der Waals surface area contributed by atoms with E-state index in [9.17, 15) is 4.79 Å². The van der Waals surface area contributed by atoms with E-state index < -0.39 is 0 Å². The maximum atomic E-state index is 12.3. The maximum Gasteiger partial charge on any atom is 0.182 e. The highest BCUT2D eigenvalue weighted by Crippen LogP contribution is 2.29. The van der Waals surface area contributed by atoms with Crippen molar-refractivity contribution in [2.24, 2.45) is 5.92 Å². The normalized spacial score (nSPS) is 17.1. The predicted octanol–water partition coefficient (Wildman–Crippen LogP) is 4.66. The summed E-state index contributed by atoms with van der Waals surface area (Å²) in [6, 6.07) is 0.168. The third-order valence-electron chi connectivity index (χ3n) is 4.01. The number of hydrogen-bond donors (Lipinski definition) is 0. The lowest BCUT2D eigenvalue weighted by atomic mass is 9.85. The first-order valence-corrected chi connectivity index (χ1v) is 7.73. The molecule has 2 rings (SSSR count). The monoisotopic (exact) mass is 282 g/mol. The van der Waals surface area contributed by atoms with E-state index in [0.29, 0.717) is 17.1 Å². The summed E-state index contributed by atoms with van der Waals surface area (Å²) >= 11 is 6.10. The summed E-state index contributed by atoms with van der Waals surface area (Å²) in [5.41, 5.74) is 0.590. The van der Waals surface area contributed by atoms with Crippen LogP contribution in [0.1, 0.15) is 75.3 Å². The molecule has 0 atom stereocenters. The van der Waals surface area contributed by atoms with E-state index in [1.807, 2.05) is 13.8 Å². The average molecular weight is 283 g/mol. The van der Waals surface area contributed by atoms with Crippen LogP contribution in [0.2, 0.25) is 5.02 Å². The summed E-state index contributed by atoms with van der Waals surface area (Å²) in [7, 11) is 0. The molecule has 106 valence electrons. The van der Waals surface area contributed by atoms with Crippen LogP contribution in [-0.4, -0.2) is 15.6 Å². The minimum absolute atomic E-state index is 0.141. The molecule has 0 unspecified atom stereocenters. The Morgan fingerprint density at radius 3 is 2.74 bits per heavy atom. The molecule has 19 heavy (non-hydrogen) atoms. The Bertz CT molecular complexity index is 433. The van der Waals surface area contributed by atoms with Crippen LogP contribution in [0, 0.1) is 5.92 Å². The fraction of sp³-hybridized carbons (Fsp3) is 0.733. The molecule has 1 aromatic rings. The zero-order chi connectivity index (χ0) is 13.8. The first kappa shape index (κ1) is 14.6. The van der Waals surface area contributed by atoms with E-state index in [-0.39, 0.29) is 11.8 Å². The van der Waals surface area contributed by atoms with E-state index in [2.05, 4.69) is 5.10 Å². The number of nitrogens with zero attached hydrogens (tertiary/aromatic N) is 2. The van der Waals surface area contributed by atoms with E-state index in [0.717, 1.165) is 12.3 Å². The van der Waals surface area contributed by atoms with Gasteiger partial charge in [-0.05, 0) is 26.2 Å². The Morgan fingerprint density at radius 1 is 1.42 bits per heavy atom. The molecule has 1 aromatic heterocycles. The topological polar surface area (TPSA) is 34.9 Å². The van der Waals surface area contributed by atoms with Crippen LogP contribution < -0.4 is 0 Å². The molecule has 1 aliphatic rings. The molecule has 1 aliphatic carbocycles. The molecule has 0 N–H and O–H groups in total. The number of carbonyl (C=O) groups is 1. The molecule has 3 nitrogen and oxygen atoms in total. The van der Waals surface area contributed by atoms with Crippen molar-refractivity contribution in [2.45, 2.75) is 64.8 Å². The molecule has 0 spiro atoms. The summed E-state index contributed by atoms with van der Waals surface area (Å²) < 4.78 is 1.74. The van der Waals surface area contributed by atoms with E-state index in [1.54, 1.807) is 10.9 Å². The SMILES string of the molecule is CC(C)n1ncc(Cl)c1C(=O)CCC1CCCCC1. The average Bonchev–Trinajstić information content (AvgIpc) is 2.79. The second kappa shape index (κ2) is 6.56. The number of hydrogen-bond acceptors (Lipinski definition) is 2. The van der Waals surface area contributed by atoms with Crippen LogP contribution in [0.5, 0.6) is 0 Å². The van der Waals surface area contributed by atoms with Gasteiger partial charge in [-0.1, -0.05) is 43.7 Å². The fourth-order valence-corrected chi connectivity index (χ4v) is 3.16. The number of rotatable bonds is 5. The predicted molar refractivity (Wildman–Crippen MR) is 77.8 cm³/mol. The molecule has 0 aromatic carbocycles. The summed E-state index contributed by atoms with van der Waals surface area (Å²) in [6.45, 7) is 4.03. The van der Waals surface area contributed by atoms with Crippen molar-refractivity contribution in [3.05, 3.63) is 16.9 Å². The summed E-state index contributed by atoms with van der Waals surface area (Å²) in [5.74, 6) is 0.869. The molecule has 4 heteroatoms. The van der Waals surface area contributed by atoms with Gasteiger partial charge in [0.15, 0.2) is 5.78 Å². The molecule has 1 saturated carbocycles. The van der Waals surface area contributed by atoms with Gasteiger partial charge in [-0.15, -0.1) is 0 Å². The number of Topliss-reactive ketones (excluding diaryl/α,β-unsaturated/α-hetero) is 1. The molecular weight excluding hydrogens is 260 g/mol. The van der Waals surface area contributed by atoms with Gasteiger partial charge in [-0.2, -0.15) is 5.10 Å². The Hall–Kier alpha value is -0.830. The standard InChI is InChI=1S/C15H23ClN2O/c1-11(2)18-15(13(16)10-17-18)14(19)9-8-12-6-4-3-5-7-12/h10-12H,3-9H2,1-2H3. The molecule has 0 radical (unpaired) electrons. The van der Waals surface area contributed by atoms with Gasteiger partial charge in [0, 0.05) is 12.5 Å². The molecule has 1 fully saturated rings. The number of halogens is 1. The minimum Gasteiger partial charge on any atom is -0.292 e. The lowest BCUT2D eigenvalue weighted by Gasteiger charge is -2.21. The Balaban J connectivity index is 1.97. The summed E-state index contributed by atoms with van der Waals surface area (Å²) in [6.07, 6.45) is 9.75. The highest BCUT2D eigenvalue weighted by molar-refractivity contribution is 6.33. The molecule has 0 aliphatic heterocycles. The number of ketones is 1. The van der Waals surface area contributed by atoms with Crippen LogP contribution >= 0.6 is 11.6 Å². The van der Waals surface area contributed by atoms with E-state index >= 15 is 0 Å². The zero-order valence-electron chi connectivity index (χ0n) is 11.9. The minimum atomic E-state index is 0.141. The third-order valence-corrected chi connectivity index (χ3v) is 4.29. The van der Waals surface area contributed by atoms with Crippen molar-refractivity contribution in [1.29, 1.82) is 0 Å². The van der Waals surface area contributed by atoms with Crippen molar-refractivity contribution in [1.82, 2.24) is 9.78 Å². The Labute approximate surface area is 120 Å². The van der Waals surface area contributed by atoms with Crippen molar-refractivity contribution in [2.75, 3.05) is 0 Å². The molecule has 0 saturated heterocycles. The van der Waals surface area contributed by atoms with E-state index in [1.165, 1.54) is 32.1 Å². The van der Waals surface area contributed by atoms with Crippen LogP contribution in [0.4, 0.5) is 0 Å². The highest BCUT2D eigenvalue weighted by Gasteiger charge is 2.21. The van der Waals surface area contributed by atoms with Crippen LogP contribution in [-0.2, 0) is 0 Å². The van der Waals surface area contributed by atoms with E-state index in [4.69, 9.17) is 11.6 Å². The van der Waals surface area contributed by atoms with Crippen LogP contribution in [0.3, 0.4) is 0 Å². The van der Waals surface area contributed by atoms with Crippen molar-refractivity contribution in [3.63, 3.8) is 0 Å². The van der Waals surface area contributed by atoms with Gasteiger partial charge in [-0.25, -0.2) is 0 Å². The van der Waals surface area contributed by atoms with Crippen LogP contribution in [0.25, 0.3) is 0 Å². The highest BCUT2D eigenvalue weighted by atomic mass is 35.5. The van der Waals surface area contributed by atoms with Crippen molar-refractivity contribution >= 4 is 17.4 Å². The largest absolute Gasteiger partial charge is 0.292 e. The van der Waals surface area contributed by atoms with Crippen molar-refractivity contribution < 1.29 is 4.79 Å². The maximum absolute atomic E-state index is 12.3. The second-order valence-electron chi connectivity index (χ2n) is 5.85. The molecule has 0 amide bonds. The van der Waals surface area contributed by atoms with Gasteiger partial charge < -0.3 is 0 Å². The third kappa shape index (κ3) is 3.59. The fourth-order valence-electron chi connectivity index (χ4n) is 2.92. The van der Waals surface area contributed by atoms with Crippen molar-refractivity contribution in [3.8, 4) is 0 Å². The summed E-state index contributed by atoms with van der Waals surface area (Å²) in [4.78, 5) is 12.3. The van der Waals surface area contributed by atoms with Gasteiger partial charge in [0.1, 0.15) is 5.69 Å². The molecule has 1 heterocycles. The van der Waals surface area contributed by atoms with Gasteiger partial charge in [-0.3, -0.25) is 9.48 Å². The number of aromatic nitrogens is 2. The first-order chi connectivity index (χ1) is 9.09. The quantitative estimate of drug-likeness (QED) is 0.736. The Morgan fingerprint density at radius 2 is 2.11 bits per heavy atom. The zero-order valence-corrected chi connectivity index (χ0v) is 12.6. The van der Waals surface area contributed by atoms with Gasteiger partial charge in [0.25, 0.3) is 0 Å².